The van der Waals surface area contributed by atoms with Crippen molar-refractivity contribution in [3.63, 3.8) is 0 Å². The van der Waals surface area contributed by atoms with Crippen LogP contribution >= 0.6 is 23.1 Å². The number of carbonyl (C=O) groups excluding carboxylic acids is 1. The number of thiophene rings is 1. The fourth-order valence-corrected chi connectivity index (χ4v) is 6.38. The molecule has 35 heavy (non-hydrogen) atoms. The lowest BCUT2D eigenvalue weighted by Gasteiger charge is -2.09. The zero-order valence-corrected chi connectivity index (χ0v) is 20.7. The molecule has 0 fully saturated rings. The molecule has 0 unspecified atom stereocenters. The summed E-state index contributed by atoms with van der Waals surface area (Å²) in [5, 5.41) is 31.1. The number of anilines is 1. The summed E-state index contributed by atoms with van der Waals surface area (Å²) >= 11 is 3.02. The van der Waals surface area contributed by atoms with Gasteiger partial charge in [0.15, 0.2) is 11.0 Å². The van der Waals surface area contributed by atoms with E-state index >= 15 is 0 Å². The fraction of sp³-hybridized carbons (Fsp3) is 0.333. The lowest BCUT2D eigenvalue weighted by atomic mass is 9.96. The molecule has 9 nitrogen and oxygen atoms in total. The van der Waals surface area contributed by atoms with Crippen LogP contribution in [0.25, 0.3) is 11.0 Å². The maximum Gasteiger partial charge on any atom is 0.225 e. The molecule has 0 spiro atoms. The Labute approximate surface area is 210 Å². The molecule has 3 heterocycles. The minimum absolute atomic E-state index is 0.100. The van der Waals surface area contributed by atoms with Gasteiger partial charge in [-0.15, -0.1) is 33.2 Å². The number of aryl methyl sites for hydroxylation is 1. The number of rotatable bonds is 9. The Morgan fingerprint density at radius 3 is 2.97 bits per heavy atom. The fourth-order valence-electron chi connectivity index (χ4n) is 4.22. The van der Waals surface area contributed by atoms with Crippen LogP contribution in [0.2, 0.25) is 0 Å². The topological polar surface area (TPSA) is 114 Å². The van der Waals surface area contributed by atoms with Crippen LogP contribution in [-0.4, -0.2) is 41.4 Å². The van der Waals surface area contributed by atoms with Crippen molar-refractivity contribution in [3.05, 3.63) is 58.7 Å². The summed E-state index contributed by atoms with van der Waals surface area (Å²) in [7, 11) is 0. The van der Waals surface area contributed by atoms with Crippen LogP contribution in [0.3, 0.4) is 0 Å². The molecule has 1 aliphatic carbocycles. The Morgan fingerprint density at radius 2 is 2.11 bits per heavy atom. The Balaban J connectivity index is 1.23. The minimum atomic E-state index is -0.100. The van der Waals surface area contributed by atoms with E-state index in [1.165, 1.54) is 16.6 Å². The van der Waals surface area contributed by atoms with Crippen molar-refractivity contribution >= 4 is 45.0 Å². The van der Waals surface area contributed by atoms with Crippen LogP contribution < -0.4 is 5.32 Å². The third kappa shape index (κ3) is 4.85. The van der Waals surface area contributed by atoms with Crippen molar-refractivity contribution in [2.45, 2.75) is 50.4 Å². The SMILES string of the molecule is C=CCn1c(Cn2nnc3ccccc32)nnc1SCCC(=O)Nc1sc2c(c1C#N)CCCC2. The molecule has 1 N–H and O–H groups in total. The smallest absolute Gasteiger partial charge is 0.225 e. The Bertz CT molecular complexity index is 1430. The molecular weight excluding hydrogens is 480 g/mol. The van der Waals surface area contributed by atoms with Crippen LogP contribution in [0.1, 0.15) is 41.1 Å². The number of fused-ring (bicyclic) bond motifs is 2. The van der Waals surface area contributed by atoms with E-state index in [4.69, 9.17) is 0 Å². The first kappa shape index (κ1) is 23.3. The van der Waals surface area contributed by atoms with E-state index in [0.717, 1.165) is 53.3 Å². The lowest BCUT2D eigenvalue weighted by molar-refractivity contribution is -0.115. The molecule has 0 saturated heterocycles. The van der Waals surface area contributed by atoms with Gasteiger partial charge in [-0.05, 0) is 43.4 Å². The van der Waals surface area contributed by atoms with E-state index in [1.807, 2.05) is 28.8 Å². The molecule has 1 amide bonds. The number of nitriles is 1. The molecule has 1 aliphatic rings. The molecule has 4 aromatic rings. The molecule has 11 heteroatoms. The summed E-state index contributed by atoms with van der Waals surface area (Å²) in [6.07, 6.45) is 6.26. The van der Waals surface area contributed by atoms with E-state index in [1.54, 1.807) is 22.1 Å². The van der Waals surface area contributed by atoms with Gasteiger partial charge in [0.05, 0.1) is 11.1 Å². The molecule has 3 aromatic heterocycles. The number of aromatic nitrogens is 6. The van der Waals surface area contributed by atoms with Gasteiger partial charge in [-0.25, -0.2) is 4.68 Å². The average Bonchev–Trinajstić information content (AvgIpc) is 3.55. The summed E-state index contributed by atoms with van der Waals surface area (Å²) in [6.45, 7) is 4.84. The number of benzene rings is 1. The van der Waals surface area contributed by atoms with Crippen LogP contribution in [0.5, 0.6) is 0 Å². The molecule has 5 rings (SSSR count). The minimum Gasteiger partial charge on any atom is -0.317 e. The monoisotopic (exact) mass is 504 g/mol. The summed E-state index contributed by atoms with van der Waals surface area (Å²) in [5.41, 5.74) is 3.52. The first-order chi connectivity index (χ1) is 17.2. The summed E-state index contributed by atoms with van der Waals surface area (Å²) in [6, 6.07) is 10.1. The average molecular weight is 505 g/mol. The van der Waals surface area contributed by atoms with Crippen molar-refractivity contribution in [3.8, 4) is 6.07 Å². The quantitative estimate of drug-likeness (QED) is 0.268. The standard InChI is InChI=1S/C24H24N8OS2/c1-2-12-31-21(15-32-19-9-5-4-8-18(19)27-30-32)28-29-24(31)34-13-11-22(33)26-23-17(14-25)16-7-3-6-10-20(16)35-23/h2,4-5,8-9H,1,3,6-7,10-13,15H2,(H,26,33). The maximum atomic E-state index is 12.6. The largest absolute Gasteiger partial charge is 0.317 e. The van der Waals surface area contributed by atoms with Gasteiger partial charge in [-0.2, -0.15) is 5.26 Å². The molecule has 0 atom stereocenters. The van der Waals surface area contributed by atoms with E-state index in [-0.39, 0.29) is 5.91 Å². The van der Waals surface area contributed by atoms with Gasteiger partial charge in [0, 0.05) is 23.6 Å². The molecule has 178 valence electrons. The second-order valence-electron chi connectivity index (χ2n) is 8.21. The first-order valence-corrected chi connectivity index (χ1v) is 13.3. The number of nitrogens with one attached hydrogen (secondary N) is 1. The molecule has 1 aromatic carbocycles. The highest BCUT2D eigenvalue weighted by Gasteiger charge is 2.22. The second-order valence-corrected chi connectivity index (χ2v) is 10.4. The van der Waals surface area contributed by atoms with Gasteiger partial charge in [-0.1, -0.05) is 35.2 Å². The summed E-state index contributed by atoms with van der Waals surface area (Å²) in [5.74, 6) is 1.19. The number of allylic oxidation sites excluding steroid dienone is 1. The number of para-hydroxylation sites is 1. The molecule has 0 saturated carbocycles. The molecule has 0 bridgehead atoms. The number of hydrogen-bond donors (Lipinski definition) is 1. The Morgan fingerprint density at radius 1 is 1.26 bits per heavy atom. The van der Waals surface area contributed by atoms with Gasteiger partial charge < -0.3 is 9.88 Å². The second kappa shape index (κ2) is 10.4. The third-order valence-electron chi connectivity index (χ3n) is 5.91. The number of thioether (sulfide) groups is 1. The highest BCUT2D eigenvalue weighted by Crippen LogP contribution is 2.37. The summed E-state index contributed by atoms with van der Waals surface area (Å²) in [4.78, 5) is 13.9. The van der Waals surface area contributed by atoms with Gasteiger partial charge in [0.1, 0.15) is 23.1 Å². The highest BCUT2D eigenvalue weighted by atomic mass is 32.2. The van der Waals surface area contributed by atoms with Gasteiger partial charge in [0.25, 0.3) is 0 Å². The number of nitrogens with zero attached hydrogens (tertiary/aromatic N) is 7. The van der Waals surface area contributed by atoms with Gasteiger partial charge in [-0.3, -0.25) is 4.79 Å². The van der Waals surface area contributed by atoms with Gasteiger partial charge >= 0.3 is 0 Å². The predicted octanol–water partition coefficient (Wildman–Crippen LogP) is 4.19. The van der Waals surface area contributed by atoms with Crippen molar-refractivity contribution in [1.82, 2.24) is 29.8 Å². The zero-order chi connectivity index (χ0) is 24.2. The van der Waals surface area contributed by atoms with E-state index < -0.39 is 0 Å². The third-order valence-corrected chi connectivity index (χ3v) is 8.09. The number of carbonyl (C=O) groups is 1. The molecular formula is C24H24N8OS2. The Kier molecular flexibility index (Phi) is 6.92. The number of amides is 1. The van der Waals surface area contributed by atoms with Crippen molar-refractivity contribution < 1.29 is 4.79 Å². The lowest BCUT2D eigenvalue weighted by Crippen LogP contribution is -2.13. The molecule has 0 aliphatic heterocycles. The van der Waals surface area contributed by atoms with E-state index in [2.05, 4.69) is 38.5 Å². The number of hydrogen-bond acceptors (Lipinski definition) is 8. The normalized spacial score (nSPS) is 12.9. The van der Waals surface area contributed by atoms with Crippen LogP contribution in [-0.2, 0) is 30.7 Å². The van der Waals surface area contributed by atoms with Gasteiger partial charge in [0.2, 0.25) is 5.91 Å². The van der Waals surface area contributed by atoms with Crippen molar-refractivity contribution in [2.24, 2.45) is 0 Å². The first-order valence-electron chi connectivity index (χ1n) is 11.5. The highest BCUT2D eigenvalue weighted by molar-refractivity contribution is 7.99. The van der Waals surface area contributed by atoms with Crippen LogP contribution in [0.15, 0.2) is 42.1 Å². The van der Waals surface area contributed by atoms with Crippen molar-refractivity contribution in [2.75, 3.05) is 11.1 Å². The Hall–Kier alpha value is -3.49. The van der Waals surface area contributed by atoms with Crippen molar-refractivity contribution in [1.29, 1.82) is 5.26 Å². The van der Waals surface area contributed by atoms with Crippen LogP contribution in [0.4, 0.5) is 5.00 Å². The molecule has 0 radical (unpaired) electrons. The van der Waals surface area contributed by atoms with E-state index in [9.17, 15) is 10.1 Å². The maximum absolute atomic E-state index is 12.6. The predicted molar refractivity (Wildman–Crippen MR) is 136 cm³/mol. The zero-order valence-electron chi connectivity index (χ0n) is 19.1. The summed E-state index contributed by atoms with van der Waals surface area (Å²) < 4.78 is 3.78. The van der Waals surface area contributed by atoms with Crippen LogP contribution in [0, 0.1) is 11.3 Å². The van der Waals surface area contributed by atoms with E-state index in [0.29, 0.717) is 35.8 Å².